The first-order valence-electron chi connectivity index (χ1n) is 5.94. The fraction of sp³-hybridized carbons (Fsp3) is 0.500. The molecule has 0 aliphatic heterocycles. The molecule has 0 saturated heterocycles. The average molecular weight is 236 g/mol. The summed E-state index contributed by atoms with van der Waals surface area (Å²) < 4.78 is 0. The van der Waals surface area contributed by atoms with Gasteiger partial charge in [-0.15, -0.1) is 0 Å². The molecule has 0 unspecified atom stereocenters. The van der Waals surface area contributed by atoms with Crippen LogP contribution in [0, 0.1) is 0 Å². The van der Waals surface area contributed by atoms with Gasteiger partial charge in [0.1, 0.15) is 5.82 Å². The Morgan fingerprint density at radius 3 is 2.82 bits per heavy atom. The van der Waals surface area contributed by atoms with Crippen molar-refractivity contribution in [2.45, 2.75) is 19.3 Å². The number of aromatic nitrogens is 1. The van der Waals surface area contributed by atoms with E-state index in [0.29, 0.717) is 19.5 Å². The molecule has 1 rings (SSSR count). The van der Waals surface area contributed by atoms with Crippen molar-refractivity contribution in [3.05, 3.63) is 24.4 Å². The highest BCUT2D eigenvalue weighted by Crippen LogP contribution is 1.99. The smallest absolute Gasteiger partial charge is 0.221 e. The molecule has 0 aliphatic carbocycles. The van der Waals surface area contributed by atoms with Gasteiger partial charge in [0.15, 0.2) is 0 Å². The van der Waals surface area contributed by atoms with Crippen molar-refractivity contribution in [3.63, 3.8) is 0 Å². The van der Waals surface area contributed by atoms with Gasteiger partial charge in [-0.05, 0) is 25.0 Å². The zero-order valence-corrected chi connectivity index (χ0v) is 9.98. The number of nitrogens with one attached hydrogen (secondary N) is 2. The second kappa shape index (κ2) is 8.52. The Morgan fingerprint density at radius 1 is 1.29 bits per heavy atom. The van der Waals surface area contributed by atoms with E-state index in [1.165, 1.54) is 0 Å². The summed E-state index contributed by atoms with van der Waals surface area (Å²) >= 11 is 0. The van der Waals surface area contributed by atoms with Crippen LogP contribution in [-0.4, -0.2) is 30.5 Å². The molecule has 1 aromatic rings. The van der Waals surface area contributed by atoms with Crippen LogP contribution in [0.3, 0.4) is 0 Å². The normalized spacial score (nSPS) is 9.94. The molecule has 5 heteroatoms. The first-order valence-corrected chi connectivity index (χ1v) is 5.94. The second-order valence-corrected chi connectivity index (χ2v) is 3.74. The number of pyridine rings is 1. The fourth-order valence-electron chi connectivity index (χ4n) is 1.38. The van der Waals surface area contributed by atoms with E-state index >= 15 is 0 Å². The van der Waals surface area contributed by atoms with Crippen LogP contribution in [0.1, 0.15) is 19.3 Å². The summed E-state index contributed by atoms with van der Waals surface area (Å²) in [6.45, 7) is 1.99. The molecule has 1 heterocycles. The van der Waals surface area contributed by atoms with Crippen molar-refractivity contribution in [2.75, 3.05) is 25.0 Å². The number of hydrogen-bond donors (Lipinski definition) is 3. The van der Waals surface area contributed by atoms with Gasteiger partial charge >= 0.3 is 0 Å². The lowest BCUT2D eigenvalue weighted by Crippen LogP contribution is -2.26. The van der Waals surface area contributed by atoms with Gasteiger partial charge in [0.25, 0.3) is 0 Å². The van der Waals surface area contributed by atoms with Crippen LogP contribution in [0.25, 0.3) is 0 Å². The molecule has 1 amide bonds. The molecule has 1 aromatic heterocycles. The summed E-state index contributed by atoms with van der Waals surface area (Å²) in [5.74, 6) is 0.921. The number of unbranched alkanes of at least 4 members (excludes halogenated alkanes) is 1. The highest BCUT2D eigenvalue weighted by Gasteiger charge is 1.97. The van der Waals surface area contributed by atoms with Gasteiger partial charge in [0, 0.05) is 32.3 Å². The standard InChI is InChI=1S/C12H20N4O/c13-7-6-12(17)16-10-4-3-9-15-11-5-1-2-8-14-11/h1-2,5,8H,3-4,6-7,9-10,13H2,(H,14,15)(H,16,17). The Hall–Kier alpha value is -1.62. The lowest BCUT2D eigenvalue weighted by molar-refractivity contribution is -0.120. The predicted octanol–water partition coefficient (Wildman–Crippen LogP) is 0.739. The number of nitrogens with two attached hydrogens (primary N) is 1. The SMILES string of the molecule is NCCC(=O)NCCCCNc1ccccn1. The molecule has 0 aromatic carbocycles. The minimum Gasteiger partial charge on any atom is -0.370 e. The minimum atomic E-state index is 0.0326. The first-order chi connectivity index (χ1) is 8.33. The van der Waals surface area contributed by atoms with Crippen LogP contribution in [-0.2, 0) is 4.79 Å². The molecule has 5 nitrogen and oxygen atoms in total. The number of hydrogen-bond acceptors (Lipinski definition) is 4. The van der Waals surface area contributed by atoms with Crippen LogP contribution < -0.4 is 16.4 Å². The summed E-state index contributed by atoms with van der Waals surface area (Å²) in [5.41, 5.74) is 5.27. The molecule has 0 atom stereocenters. The van der Waals surface area contributed by atoms with E-state index in [1.807, 2.05) is 18.2 Å². The van der Waals surface area contributed by atoms with E-state index in [-0.39, 0.29) is 5.91 Å². The number of amides is 1. The largest absolute Gasteiger partial charge is 0.370 e. The van der Waals surface area contributed by atoms with E-state index in [9.17, 15) is 4.79 Å². The Bertz CT molecular complexity index is 316. The number of anilines is 1. The van der Waals surface area contributed by atoms with Crippen LogP contribution in [0.5, 0.6) is 0 Å². The summed E-state index contributed by atoms with van der Waals surface area (Å²) in [7, 11) is 0. The van der Waals surface area contributed by atoms with E-state index in [0.717, 1.165) is 25.2 Å². The van der Waals surface area contributed by atoms with Crippen LogP contribution in [0.15, 0.2) is 24.4 Å². The Morgan fingerprint density at radius 2 is 2.12 bits per heavy atom. The molecule has 4 N–H and O–H groups in total. The van der Waals surface area contributed by atoms with Crippen LogP contribution in [0.4, 0.5) is 5.82 Å². The van der Waals surface area contributed by atoms with Crippen molar-refractivity contribution < 1.29 is 4.79 Å². The van der Waals surface area contributed by atoms with Gasteiger partial charge in [0.2, 0.25) is 5.91 Å². The van der Waals surface area contributed by atoms with Gasteiger partial charge in [-0.3, -0.25) is 4.79 Å². The van der Waals surface area contributed by atoms with Gasteiger partial charge < -0.3 is 16.4 Å². The maximum Gasteiger partial charge on any atom is 0.221 e. The van der Waals surface area contributed by atoms with Crippen LogP contribution >= 0.6 is 0 Å². The summed E-state index contributed by atoms with van der Waals surface area (Å²) in [5, 5.41) is 6.03. The maximum atomic E-state index is 11.1. The fourth-order valence-corrected chi connectivity index (χ4v) is 1.38. The minimum absolute atomic E-state index is 0.0326. The van der Waals surface area contributed by atoms with Gasteiger partial charge in [-0.25, -0.2) is 4.98 Å². The zero-order valence-electron chi connectivity index (χ0n) is 9.98. The first kappa shape index (κ1) is 13.4. The Kier molecular flexibility index (Phi) is 6.74. The topological polar surface area (TPSA) is 80.0 Å². The van der Waals surface area contributed by atoms with Gasteiger partial charge in [-0.1, -0.05) is 6.07 Å². The molecule has 0 fully saturated rings. The monoisotopic (exact) mass is 236 g/mol. The average Bonchev–Trinajstić information content (AvgIpc) is 2.35. The zero-order chi connectivity index (χ0) is 12.3. The van der Waals surface area contributed by atoms with Gasteiger partial charge in [0.05, 0.1) is 0 Å². The predicted molar refractivity (Wildman–Crippen MR) is 68.6 cm³/mol. The number of rotatable bonds is 8. The third-order valence-corrected chi connectivity index (χ3v) is 2.27. The molecule has 0 radical (unpaired) electrons. The molecule has 0 bridgehead atoms. The third kappa shape index (κ3) is 6.52. The highest BCUT2D eigenvalue weighted by atomic mass is 16.1. The van der Waals surface area contributed by atoms with E-state index in [1.54, 1.807) is 6.20 Å². The third-order valence-electron chi connectivity index (χ3n) is 2.27. The van der Waals surface area contributed by atoms with E-state index in [2.05, 4.69) is 15.6 Å². The quantitative estimate of drug-likeness (QED) is 0.582. The lowest BCUT2D eigenvalue weighted by atomic mass is 10.3. The summed E-state index contributed by atoms with van der Waals surface area (Å²) in [6, 6.07) is 5.77. The summed E-state index contributed by atoms with van der Waals surface area (Å²) in [4.78, 5) is 15.2. The van der Waals surface area contributed by atoms with Gasteiger partial charge in [-0.2, -0.15) is 0 Å². The Labute approximate surface area is 102 Å². The highest BCUT2D eigenvalue weighted by molar-refractivity contribution is 5.75. The van der Waals surface area contributed by atoms with Crippen molar-refractivity contribution in [1.29, 1.82) is 0 Å². The molecule has 0 aliphatic rings. The lowest BCUT2D eigenvalue weighted by Gasteiger charge is -2.06. The molecule has 0 saturated carbocycles. The molecular weight excluding hydrogens is 216 g/mol. The van der Waals surface area contributed by atoms with Crippen molar-refractivity contribution in [3.8, 4) is 0 Å². The second-order valence-electron chi connectivity index (χ2n) is 3.74. The van der Waals surface area contributed by atoms with Crippen LogP contribution in [0.2, 0.25) is 0 Å². The van der Waals surface area contributed by atoms with Crippen molar-refractivity contribution in [1.82, 2.24) is 10.3 Å². The van der Waals surface area contributed by atoms with E-state index in [4.69, 9.17) is 5.73 Å². The summed E-state index contributed by atoms with van der Waals surface area (Å²) in [6.07, 6.45) is 4.12. The molecule has 17 heavy (non-hydrogen) atoms. The molecule has 0 spiro atoms. The van der Waals surface area contributed by atoms with Crippen molar-refractivity contribution in [2.24, 2.45) is 5.73 Å². The maximum absolute atomic E-state index is 11.1. The number of carbonyl (C=O) groups is 1. The number of carbonyl (C=O) groups excluding carboxylic acids is 1. The van der Waals surface area contributed by atoms with Crippen molar-refractivity contribution >= 4 is 11.7 Å². The number of nitrogens with zero attached hydrogens (tertiary/aromatic N) is 1. The molecular formula is C12H20N4O. The molecule has 94 valence electrons. The van der Waals surface area contributed by atoms with E-state index < -0.39 is 0 Å². The Balaban J connectivity index is 1.96.